The van der Waals surface area contributed by atoms with Crippen molar-refractivity contribution in [2.75, 3.05) is 31.2 Å². The first-order valence-corrected chi connectivity index (χ1v) is 11.2. The largest absolute Gasteiger partial charge is 0.376 e. The molecule has 0 saturated carbocycles. The minimum atomic E-state index is -0.473. The number of anilines is 1. The van der Waals surface area contributed by atoms with Crippen LogP contribution in [0.2, 0.25) is 0 Å². The Morgan fingerprint density at radius 1 is 1.00 bits per heavy atom. The van der Waals surface area contributed by atoms with Crippen LogP contribution in [-0.2, 0) is 25.7 Å². The number of carbonyl (C=O) groups is 2. The number of imide groups is 1. The lowest BCUT2D eigenvalue weighted by atomic mass is 9.90. The van der Waals surface area contributed by atoms with E-state index in [-0.39, 0.29) is 30.2 Å². The third-order valence-corrected chi connectivity index (χ3v) is 6.09. The average molecular weight is 441 g/mol. The molecule has 1 unspecified atom stereocenters. The predicted molar refractivity (Wildman–Crippen MR) is 119 cm³/mol. The molecule has 2 fully saturated rings. The van der Waals surface area contributed by atoms with Gasteiger partial charge in [0, 0.05) is 19.5 Å². The predicted octanol–water partition coefficient (Wildman–Crippen LogP) is 3.55. The van der Waals surface area contributed by atoms with E-state index in [0.717, 1.165) is 18.4 Å². The maximum atomic E-state index is 14.8. The molecule has 0 aromatic heterocycles. The van der Waals surface area contributed by atoms with Crippen molar-refractivity contribution in [1.29, 1.82) is 0 Å². The Kier molecular flexibility index (Phi) is 7.50. The fourth-order valence-electron chi connectivity index (χ4n) is 4.31. The van der Waals surface area contributed by atoms with Crippen molar-refractivity contribution < 1.29 is 23.5 Å². The highest BCUT2D eigenvalue weighted by Gasteiger charge is 2.29. The number of halogens is 1. The number of benzene rings is 2. The topological polar surface area (TPSA) is 67.9 Å². The van der Waals surface area contributed by atoms with E-state index < -0.39 is 5.92 Å². The van der Waals surface area contributed by atoms with Crippen molar-refractivity contribution in [1.82, 2.24) is 5.32 Å². The van der Waals surface area contributed by atoms with Crippen molar-refractivity contribution in [3.63, 3.8) is 0 Å². The van der Waals surface area contributed by atoms with Gasteiger partial charge in [0.05, 0.1) is 37.5 Å². The van der Waals surface area contributed by atoms with E-state index in [9.17, 15) is 14.0 Å². The van der Waals surface area contributed by atoms with Crippen LogP contribution >= 0.6 is 0 Å². The minimum absolute atomic E-state index is 0.150. The first-order valence-electron chi connectivity index (χ1n) is 11.2. The number of hydrogen-bond donors (Lipinski definition) is 1. The molecule has 7 heteroatoms. The second kappa shape index (κ2) is 10.7. The van der Waals surface area contributed by atoms with Gasteiger partial charge in [0.15, 0.2) is 0 Å². The minimum Gasteiger partial charge on any atom is -0.376 e. The first-order chi connectivity index (χ1) is 15.6. The van der Waals surface area contributed by atoms with Crippen molar-refractivity contribution in [2.24, 2.45) is 0 Å². The number of piperidine rings is 2. The lowest BCUT2D eigenvalue weighted by Crippen LogP contribution is -2.39. The van der Waals surface area contributed by atoms with Crippen molar-refractivity contribution >= 4 is 17.5 Å². The second-order valence-electron chi connectivity index (χ2n) is 8.31. The summed E-state index contributed by atoms with van der Waals surface area (Å²) in [6, 6.07) is 15.0. The quantitative estimate of drug-likeness (QED) is 0.502. The highest BCUT2D eigenvalue weighted by molar-refractivity contribution is 6.00. The molecule has 2 aromatic carbocycles. The van der Waals surface area contributed by atoms with Gasteiger partial charge in [-0.1, -0.05) is 36.4 Å². The van der Waals surface area contributed by atoms with E-state index in [1.165, 1.54) is 6.07 Å². The molecule has 0 radical (unpaired) electrons. The summed E-state index contributed by atoms with van der Waals surface area (Å²) in [6.45, 7) is 3.10. The molecule has 2 aromatic rings. The molecule has 2 saturated heterocycles. The van der Waals surface area contributed by atoms with Gasteiger partial charge < -0.3 is 14.4 Å². The summed E-state index contributed by atoms with van der Waals surface area (Å²) in [5, 5.41) is 2.33. The van der Waals surface area contributed by atoms with Crippen LogP contribution in [0.15, 0.2) is 48.5 Å². The van der Waals surface area contributed by atoms with Gasteiger partial charge in [-0.2, -0.15) is 0 Å². The number of amides is 2. The zero-order chi connectivity index (χ0) is 22.3. The summed E-state index contributed by atoms with van der Waals surface area (Å²) in [7, 11) is 0. The van der Waals surface area contributed by atoms with Crippen molar-refractivity contribution in [3.05, 3.63) is 65.5 Å². The Bertz CT molecular complexity index is 929. The monoisotopic (exact) mass is 440 g/mol. The smallest absolute Gasteiger partial charge is 0.234 e. The van der Waals surface area contributed by atoms with Crippen LogP contribution in [0.25, 0.3) is 0 Å². The Labute approximate surface area is 187 Å². The van der Waals surface area contributed by atoms with Gasteiger partial charge >= 0.3 is 0 Å². The Hall–Kier alpha value is -2.77. The fourth-order valence-corrected chi connectivity index (χ4v) is 4.31. The van der Waals surface area contributed by atoms with Crippen LogP contribution < -0.4 is 10.2 Å². The molecule has 1 N–H and O–H groups in total. The van der Waals surface area contributed by atoms with E-state index in [2.05, 4.69) is 5.32 Å². The summed E-state index contributed by atoms with van der Waals surface area (Å²) < 4.78 is 26.4. The summed E-state index contributed by atoms with van der Waals surface area (Å²) in [5.41, 5.74) is 2.31. The lowest BCUT2D eigenvalue weighted by Gasteiger charge is -2.34. The van der Waals surface area contributed by atoms with Gasteiger partial charge in [0.2, 0.25) is 11.8 Å². The van der Waals surface area contributed by atoms with Gasteiger partial charge in [-0.15, -0.1) is 0 Å². The molecule has 1 atom stereocenters. The third-order valence-electron chi connectivity index (χ3n) is 6.09. The van der Waals surface area contributed by atoms with E-state index in [0.29, 0.717) is 50.6 Å². The lowest BCUT2D eigenvalue weighted by molar-refractivity contribution is -0.134. The zero-order valence-electron chi connectivity index (χ0n) is 18.1. The molecule has 2 heterocycles. The van der Waals surface area contributed by atoms with Crippen LogP contribution in [0.3, 0.4) is 0 Å². The van der Waals surface area contributed by atoms with Crippen molar-refractivity contribution in [2.45, 2.75) is 44.3 Å². The van der Waals surface area contributed by atoms with Gasteiger partial charge in [-0.3, -0.25) is 14.9 Å². The van der Waals surface area contributed by atoms with Crippen molar-refractivity contribution in [3.8, 4) is 0 Å². The molecule has 2 aliphatic rings. The normalized spacial score (nSPS) is 19.8. The number of carbonyl (C=O) groups excluding carboxylic acids is 2. The van der Waals surface area contributed by atoms with Gasteiger partial charge in [-0.05, 0) is 42.5 Å². The average Bonchev–Trinajstić information content (AvgIpc) is 2.80. The Morgan fingerprint density at radius 3 is 2.50 bits per heavy atom. The second-order valence-corrected chi connectivity index (χ2v) is 8.31. The molecule has 4 rings (SSSR count). The third kappa shape index (κ3) is 5.72. The van der Waals surface area contributed by atoms with E-state index in [1.54, 1.807) is 12.1 Å². The summed E-state index contributed by atoms with van der Waals surface area (Å²) in [4.78, 5) is 25.4. The summed E-state index contributed by atoms with van der Waals surface area (Å²) >= 11 is 0. The fraction of sp³-hybridized carbons (Fsp3) is 0.440. The molecule has 170 valence electrons. The van der Waals surface area contributed by atoms with E-state index in [4.69, 9.17) is 9.47 Å². The van der Waals surface area contributed by atoms with Crippen LogP contribution in [0, 0.1) is 5.82 Å². The molecule has 2 aliphatic heterocycles. The first kappa shape index (κ1) is 22.4. The molecule has 0 spiro atoms. The van der Waals surface area contributed by atoms with Gasteiger partial charge in [0.25, 0.3) is 0 Å². The maximum absolute atomic E-state index is 14.8. The molecular weight excluding hydrogens is 411 g/mol. The van der Waals surface area contributed by atoms with Crippen LogP contribution in [-0.4, -0.2) is 44.2 Å². The van der Waals surface area contributed by atoms with Crippen LogP contribution in [0.4, 0.5) is 10.1 Å². The maximum Gasteiger partial charge on any atom is 0.234 e. The molecular formula is C25H29FN2O4. The number of rotatable bonds is 8. The molecule has 0 bridgehead atoms. The van der Waals surface area contributed by atoms with Gasteiger partial charge in [-0.25, -0.2) is 4.39 Å². The highest BCUT2D eigenvalue weighted by Crippen LogP contribution is 2.30. The molecule has 2 amide bonds. The number of hydrogen-bond acceptors (Lipinski definition) is 5. The van der Waals surface area contributed by atoms with E-state index >= 15 is 0 Å². The molecule has 6 nitrogen and oxygen atoms in total. The molecule has 32 heavy (non-hydrogen) atoms. The number of ether oxygens (including phenoxy) is 2. The van der Waals surface area contributed by atoms with Crippen LogP contribution in [0.5, 0.6) is 0 Å². The summed E-state index contributed by atoms with van der Waals surface area (Å²) in [6.07, 6.45) is 2.50. The van der Waals surface area contributed by atoms with Gasteiger partial charge in [0.1, 0.15) is 5.82 Å². The SMILES string of the molecule is O=C1CCC(c2ccc(N3CCC(OCCOCc4ccccc4)CC3)c(F)c2)C(=O)N1. The number of nitrogens with zero attached hydrogens (tertiary/aromatic N) is 1. The Balaban J connectivity index is 1.21. The van der Waals surface area contributed by atoms with E-state index in [1.807, 2.05) is 35.2 Å². The zero-order valence-corrected chi connectivity index (χ0v) is 18.1. The Morgan fingerprint density at radius 2 is 1.78 bits per heavy atom. The van der Waals surface area contributed by atoms with Crippen LogP contribution in [0.1, 0.15) is 42.7 Å². The number of nitrogens with one attached hydrogen (secondary N) is 1. The standard InChI is InChI=1S/C25H29FN2O4/c26-22-16-19(21-7-9-24(29)27-25(21)30)6-8-23(22)28-12-10-20(11-13-28)32-15-14-31-17-18-4-2-1-3-5-18/h1-6,8,16,20-21H,7,9-15,17H2,(H,27,29,30). The summed E-state index contributed by atoms with van der Waals surface area (Å²) in [5.74, 6) is -1.42. The highest BCUT2D eigenvalue weighted by atomic mass is 19.1. The molecule has 0 aliphatic carbocycles.